The molecule has 2 rings (SSSR count). The van der Waals surface area contributed by atoms with Crippen molar-refractivity contribution in [1.82, 2.24) is 4.98 Å². The summed E-state index contributed by atoms with van der Waals surface area (Å²) < 4.78 is 39.1. The van der Waals surface area contributed by atoms with Crippen molar-refractivity contribution in [3.63, 3.8) is 0 Å². The van der Waals surface area contributed by atoms with E-state index in [4.69, 9.17) is 0 Å². The fourth-order valence-corrected chi connectivity index (χ4v) is 2.51. The van der Waals surface area contributed by atoms with Crippen molar-refractivity contribution in [2.24, 2.45) is 0 Å². The van der Waals surface area contributed by atoms with E-state index in [9.17, 15) is 13.2 Å². The minimum atomic E-state index is -4.31. The number of benzene rings is 1. The maximum atomic E-state index is 13.0. The zero-order valence-corrected chi connectivity index (χ0v) is 12.4. The fourth-order valence-electron chi connectivity index (χ4n) is 2.51. The number of alkyl halides is 3. The normalized spacial score (nSPS) is 11.7. The molecule has 0 bridgehead atoms. The minimum Gasteiger partial charge on any atom is -0.256 e. The van der Waals surface area contributed by atoms with Crippen LogP contribution in [0.15, 0.2) is 30.5 Å². The van der Waals surface area contributed by atoms with E-state index in [0.717, 1.165) is 22.4 Å². The van der Waals surface area contributed by atoms with E-state index in [1.165, 1.54) is 12.1 Å². The third-order valence-electron chi connectivity index (χ3n) is 3.42. The summed E-state index contributed by atoms with van der Waals surface area (Å²) in [4.78, 5) is 4.36. The molecule has 0 aliphatic rings. The van der Waals surface area contributed by atoms with Crippen LogP contribution in [-0.4, -0.2) is 4.98 Å². The van der Waals surface area contributed by atoms with Crippen molar-refractivity contribution in [3.8, 4) is 11.3 Å². The number of nitrogens with zero attached hydrogens (tertiary/aromatic N) is 1. The molecule has 0 saturated heterocycles. The molecule has 0 spiro atoms. The molecule has 1 heterocycles. The Hall–Kier alpha value is -1.84. The zero-order chi connectivity index (χ0) is 15.6. The Morgan fingerprint density at radius 1 is 1.10 bits per heavy atom. The average Bonchev–Trinajstić information content (AvgIpc) is 2.37. The highest BCUT2D eigenvalue weighted by Crippen LogP contribution is 2.35. The molecule has 0 N–H and O–H groups in total. The summed E-state index contributed by atoms with van der Waals surface area (Å²) in [6.07, 6.45) is -1.49. The molecule has 112 valence electrons. The van der Waals surface area contributed by atoms with Crippen LogP contribution in [0.4, 0.5) is 13.2 Å². The van der Waals surface area contributed by atoms with Gasteiger partial charge in [-0.25, -0.2) is 0 Å². The summed E-state index contributed by atoms with van der Waals surface area (Å²) in [6, 6.07) is 6.28. The summed E-state index contributed by atoms with van der Waals surface area (Å²) in [5.41, 5.74) is 3.28. The van der Waals surface area contributed by atoms with E-state index < -0.39 is 11.7 Å². The Balaban J connectivity index is 2.54. The van der Waals surface area contributed by atoms with Gasteiger partial charge in [-0.15, -0.1) is 0 Å². The van der Waals surface area contributed by atoms with Gasteiger partial charge in [-0.3, -0.25) is 4.98 Å². The van der Waals surface area contributed by atoms with E-state index in [1.54, 1.807) is 12.3 Å². The lowest BCUT2D eigenvalue weighted by molar-refractivity contribution is -0.138. The number of aromatic nitrogens is 1. The molecule has 0 amide bonds. The summed E-state index contributed by atoms with van der Waals surface area (Å²) >= 11 is 0. The predicted octanol–water partition coefficient (Wildman–Crippen LogP) is 5.34. The van der Waals surface area contributed by atoms with E-state index in [1.807, 2.05) is 26.8 Å². The molecule has 0 aliphatic heterocycles. The molecule has 1 aromatic heterocycles. The van der Waals surface area contributed by atoms with Crippen LogP contribution in [0, 0.1) is 13.8 Å². The van der Waals surface area contributed by atoms with Crippen LogP contribution in [-0.2, 0) is 12.6 Å². The molecule has 0 fully saturated rings. The first-order chi connectivity index (χ1) is 9.82. The van der Waals surface area contributed by atoms with Crippen LogP contribution in [0.2, 0.25) is 0 Å². The van der Waals surface area contributed by atoms with Gasteiger partial charge in [0.2, 0.25) is 0 Å². The highest BCUT2D eigenvalue weighted by molar-refractivity contribution is 5.64. The third kappa shape index (κ3) is 3.43. The van der Waals surface area contributed by atoms with Crippen molar-refractivity contribution < 1.29 is 13.2 Å². The number of hydrogen-bond acceptors (Lipinski definition) is 1. The molecule has 1 aromatic carbocycles. The maximum absolute atomic E-state index is 13.0. The van der Waals surface area contributed by atoms with Crippen molar-refractivity contribution in [3.05, 3.63) is 52.7 Å². The van der Waals surface area contributed by atoms with Gasteiger partial charge in [0.25, 0.3) is 0 Å². The van der Waals surface area contributed by atoms with Gasteiger partial charge in [-0.05, 0) is 49.1 Å². The summed E-state index contributed by atoms with van der Waals surface area (Å²) in [6.45, 7) is 5.74. The fraction of sp³-hybridized carbons (Fsp3) is 0.353. The summed E-state index contributed by atoms with van der Waals surface area (Å²) in [5, 5.41) is 0. The number of pyridine rings is 1. The van der Waals surface area contributed by atoms with Gasteiger partial charge >= 0.3 is 6.18 Å². The predicted molar refractivity (Wildman–Crippen MR) is 78.1 cm³/mol. The van der Waals surface area contributed by atoms with Gasteiger partial charge in [0, 0.05) is 11.8 Å². The molecule has 2 aromatic rings. The molecular formula is C17H18F3N. The maximum Gasteiger partial charge on any atom is 0.416 e. The second kappa shape index (κ2) is 5.88. The molecule has 0 aliphatic carbocycles. The zero-order valence-electron chi connectivity index (χ0n) is 12.4. The Morgan fingerprint density at radius 2 is 1.81 bits per heavy atom. The van der Waals surface area contributed by atoms with E-state index in [0.29, 0.717) is 18.4 Å². The quantitative estimate of drug-likeness (QED) is 0.744. The highest BCUT2D eigenvalue weighted by atomic mass is 19.4. The Kier molecular flexibility index (Phi) is 4.35. The van der Waals surface area contributed by atoms with Gasteiger partial charge in [0.1, 0.15) is 0 Å². The lowest BCUT2D eigenvalue weighted by atomic mass is 9.96. The average molecular weight is 293 g/mol. The molecule has 21 heavy (non-hydrogen) atoms. The van der Waals surface area contributed by atoms with Gasteiger partial charge < -0.3 is 0 Å². The second-order valence-corrected chi connectivity index (χ2v) is 5.30. The van der Waals surface area contributed by atoms with Gasteiger partial charge in [-0.2, -0.15) is 13.2 Å². The van der Waals surface area contributed by atoms with Crippen molar-refractivity contribution in [2.45, 2.75) is 39.8 Å². The molecule has 0 unspecified atom stereocenters. The molecule has 4 heteroatoms. The molecule has 0 atom stereocenters. The Labute approximate surface area is 122 Å². The lowest BCUT2D eigenvalue weighted by Gasteiger charge is -2.14. The number of aryl methyl sites for hydroxylation is 3. The molecule has 0 saturated carbocycles. The van der Waals surface area contributed by atoms with Crippen molar-refractivity contribution in [2.75, 3.05) is 0 Å². The SMILES string of the molecule is CCCc1cc(-c2ncc(C)cc2C)ccc1C(F)(F)F. The van der Waals surface area contributed by atoms with E-state index >= 15 is 0 Å². The van der Waals surface area contributed by atoms with Gasteiger partial charge in [0.15, 0.2) is 0 Å². The van der Waals surface area contributed by atoms with E-state index in [-0.39, 0.29) is 0 Å². The monoisotopic (exact) mass is 293 g/mol. The van der Waals surface area contributed by atoms with Gasteiger partial charge in [-0.1, -0.05) is 25.5 Å². The van der Waals surface area contributed by atoms with Crippen LogP contribution in [0.5, 0.6) is 0 Å². The largest absolute Gasteiger partial charge is 0.416 e. The molecule has 0 radical (unpaired) electrons. The van der Waals surface area contributed by atoms with Crippen LogP contribution in [0.25, 0.3) is 11.3 Å². The van der Waals surface area contributed by atoms with Crippen LogP contribution >= 0.6 is 0 Å². The van der Waals surface area contributed by atoms with Crippen LogP contribution in [0.1, 0.15) is 35.6 Å². The molecule has 1 nitrogen and oxygen atoms in total. The standard InChI is InChI=1S/C17H18F3N/c1-4-5-13-9-14(6-7-15(13)17(18,19)20)16-12(3)8-11(2)10-21-16/h6-10H,4-5H2,1-3H3. The van der Waals surface area contributed by atoms with E-state index in [2.05, 4.69) is 4.98 Å². The highest BCUT2D eigenvalue weighted by Gasteiger charge is 2.33. The van der Waals surface area contributed by atoms with Crippen LogP contribution in [0.3, 0.4) is 0 Å². The molecular weight excluding hydrogens is 275 g/mol. The first-order valence-electron chi connectivity index (χ1n) is 6.96. The first-order valence-corrected chi connectivity index (χ1v) is 6.96. The minimum absolute atomic E-state index is 0.337. The Morgan fingerprint density at radius 3 is 2.38 bits per heavy atom. The van der Waals surface area contributed by atoms with Crippen molar-refractivity contribution >= 4 is 0 Å². The number of rotatable bonds is 3. The second-order valence-electron chi connectivity index (χ2n) is 5.30. The third-order valence-corrected chi connectivity index (χ3v) is 3.42. The van der Waals surface area contributed by atoms with Gasteiger partial charge in [0.05, 0.1) is 11.3 Å². The smallest absolute Gasteiger partial charge is 0.256 e. The number of hydrogen-bond donors (Lipinski definition) is 0. The van der Waals surface area contributed by atoms with Crippen molar-refractivity contribution in [1.29, 1.82) is 0 Å². The van der Waals surface area contributed by atoms with Crippen LogP contribution < -0.4 is 0 Å². The number of halogens is 3. The first kappa shape index (κ1) is 15.5. The Bertz CT molecular complexity index is 645. The summed E-state index contributed by atoms with van der Waals surface area (Å²) in [5.74, 6) is 0. The topological polar surface area (TPSA) is 12.9 Å². The lowest BCUT2D eigenvalue weighted by Crippen LogP contribution is -2.09. The summed E-state index contributed by atoms with van der Waals surface area (Å²) in [7, 11) is 0.